The van der Waals surface area contributed by atoms with Crippen LogP contribution >= 0.6 is 0 Å². The number of aryl methyl sites for hydroxylation is 1. The molecule has 3 aliphatic heterocycles. The van der Waals surface area contributed by atoms with Gasteiger partial charge in [0.05, 0.1) is 0 Å². The third-order valence-corrected chi connectivity index (χ3v) is 11.8. The van der Waals surface area contributed by atoms with Crippen molar-refractivity contribution < 1.29 is 39.9 Å². The van der Waals surface area contributed by atoms with E-state index in [-0.39, 0.29) is 30.7 Å². The van der Waals surface area contributed by atoms with Crippen LogP contribution in [-0.2, 0) is 24.2 Å². The van der Waals surface area contributed by atoms with Crippen molar-refractivity contribution in [2.24, 2.45) is 0 Å². The predicted octanol–water partition coefficient (Wildman–Crippen LogP) is 0.212. The third kappa shape index (κ3) is 3.50. The van der Waals surface area contributed by atoms with Gasteiger partial charge in [0.25, 0.3) is 0 Å². The molecular formula is C26H24F2IN6O2-. The van der Waals surface area contributed by atoms with E-state index in [0.717, 1.165) is 24.4 Å². The molecule has 2 saturated heterocycles. The van der Waals surface area contributed by atoms with Crippen LogP contribution < -0.4 is 26.5 Å². The fraction of sp³-hybridized carbons (Fsp3) is 0.346. The van der Waals surface area contributed by atoms with Gasteiger partial charge in [-0.25, -0.2) is 4.39 Å². The summed E-state index contributed by atoms with van der Waals surface area (Å²) in [5.74, 6) is -1.02. The number of carbonyl (C=O) groups excluding carboxylic acids is 1. The molecule has 0 spiro atoms. The van der Waals surface area contributed by atoms with E-state index in [1.807, 2.05) is 11.8 Å². The van der Waals surface area contributed by atoms with Gasteiger partial charge in [-0.2, -0.15) is 0 Å². The number of imidazole rings is 1. The normalized spacial score (nSPS) is 22.6. The van der Waals surface area contributed by atoms with Crippen LogP contribution in [0.3, 0.4) is 0 Å². The standard InChI is InChI=1S/C26H24F2IN6O2/c1-2-12-9-20(36)15(27)10-14(12)13-7-16(28)22-18(8-13)33-34-23(22)24-31-17-4-6-35(11-19(17)32-24)25(37)26-21(29-26)3-5-30-26/h7-10,21,30,36H,2-6,11H2,1H3,(H,31,32)(H,33,34)/q-1/t21-,26-/m0/s1. The zero-order valence-corrected chi connectivity index (χ0v) is 22.1. The average Bonchev–Trinajstić information content (AvgIpc) is 3.26. The summed E-state index contributed by atoms with van der Waals surface area (Å²) in [4.78, 5) is 23.1. The number of hydrogen-bond donors (Lipinski definition) is 4. The molecule has 192 valence electrons. The number of amides is 1. The molecule has 4 N–H and O–H groups in total. The van der Waals surface area contributed by atoms with Gasteiger partial charge in [0.2, 0.25) is 0 Å². The monoisotopic (exact) mass is 617 g/mol. The molecule has 1 amide bonds. The first-order valence-electron chi connectivity index (χ1n) is 12.3. The Labute approximate surface area is 221 Å². The molecule has 2 atom stereocenters. The third-order valence-electron chi connectivity index (χ3n) is 7.60. The number of aromatic nitrogens is 4. The molecule has 0 radical (unpaired) electrons. The molecule has 0 unspecified atom stereocenters. The van der Waals surface area contributed by atoms with Crippen LogP contribution in [0.4, 0.5) is 8.78 Å². The number of halogens is 3. The molecule has 8 nitrogen and oxygen atoms in total. The van der Waals surface area contributed by atoms with E-state index in [1.165, 1.54) is 18.2 Å². The van der Waals surface area contributed by atoms with Crippen LogP contribution in [0.5, 0.6) is 5.75 Å². The number of rotatable bonds is 4. The minimum absolute atomic E-state index is 0.118. The van der Waals surface area contributed by atoms with E-state index in [4.69, 9.17) is 4.98 Å². The van der Waals surface area contributed by atoms with Crippen molar-refractivity contribution >= 4 is 16.8 Å². The first kappa shape index (κ1) is 23.1. The summed E-state index contributed by atoms with van der Waals surface area (Å²) in [6.45, 7) is 3.89. The van der Waals surface area contributed by atoms with Gasteiger partial charge in [-0.05, 0) is 29.7 Å². The van der Waals surface area contributed by atoms with Crippen LogP contribution in [0.2, 0.25) is 0 Å². The summed E-state index contributed by atoms with van der Waals surface area (Å²) in [5, 5.41) is 20.7. The van der Waals surface area contributed by atoms with E-state index in [2.05, 4.69) is 20.5 Å². The van der Waals surface area contributed by atoms with Crippen LogP contribution in [-0.4, -0.2) is 56.6 Å². The maximum absolute atomic E-state index is 15.5. The zero-order valence-electron chi connectivity index (χ0n) is 20.0. The Balaban J connectivity index is 1.21. The van der Waals surface area contributed by atoms with Crippen LogP contribution in [0.25, 0.3) is 33.5 Å². The topological polar surface area (TPSA) is 110 Å². The molecule has 2 aromatic heterocycles. The van der Waals surface area contributed by atoms with Crippen molar-refractivity contribution in [3.63, 3.8) is 0 Å². The number of nitrogens with zero attached hydrogens (tertiary/aromatic N) is 3. The number of hydrogen-bond acceptors (Lipinski definition) is 5. The van der Waals surface area contributed by atoms with Crippen LogP contribution in [0, 0.1) is 11.6 Å². The maximum atomic E-state index is 15.5. The summed E-state index contributed by atoms with van der Waals surface area (Å²) < 4.78 is 29.9. The van der Waals surface area contributed by atoms with E-state index >= 15 is 4.39 Å². The van der Waals surface area contributed by atoms with Gasteiger partial charge in [0, 0.05) is 0 Å². The summed E-state index contributed by atoms with van der Waals surface area (Å²) in [6, 6.07) is 5.69. The molecule has 2 fully saturated rings. The van der Waals surface area contributed by atoms with Gasteiger partial charge in [-0.3, -0.25) is 0 Å². The molecule has 5 heterocycles. The molecule has 4 aromatic rings. The Morgan fingerprint density at radius 1 is 1.27 bits per heavy atom. The number of phenols is 1. The Morgan fingerprint density at radius 2 is 2.14 bits per heavy atom. The number of phenolic OH excluding ortho intramolecular Hbond substituents is 1. The number of aromatic hydroxyl groups is 1. The van der Waals surface area contributed by atoms with Gasteiger partial charge in [0.15, 0.2) is 11.6 Å². The van der Waals surface area contributed by atoms with E-state index < -0.39 is 17.4 Å². The number of aromatic amines is 2. The van der Waals surface area contributed by atoms with Crippen molar-refractivity contribution in [3.8, 4) is 28.4 Å². The second kappa shape index (κ2) is 8.22. The molecular weight excluding hydrogens is 593 g/mol. The van der Waals surface area contributed by atoms with Gasteiger partial charge in [-0.1, -0.05) is 6.92 Å². The average molecular weight is 617 g/mol. The Bertz CT molecular complexity index is 1600. The van der Waals surface area contributed by atoms with Crippen molar-refractivity contribution in [2.75, 3.05) is 13.1 Å². The second-order valence-electron chi connectivity index (χ2n) is 9.76. The van der Waals surface area contributed by atoms with Crippen molar-refractivity contribution in [1.82, 2.24) is 30.4 Å². The number of fused-ring (bicyclic) bond motifs is 3. The number of carbonyl (C=O) groups is 1. The first-order chi connectivity index (χ1) is 17.9. The fourth-order valence-electron chi connectivity index (χ4n) is 5.63. The Kier molecular flexibility index (Phi) is 5.13. The van der Waals surface area contributed by atoms with Crippen molar-refractivity contribution in [3.05, 3.63) is 52.9 Å². The van der Waals surface area contributed by atoms with Gasteiger partial charge in [-0.15, -0.1) is 0 Å². The molecule has 11 heteroatoms. The quantitative estimate of drug-likeness (QED) is 0.149. The Morgan fingerprint density at radius 3 is 2.89 bits per heavy atom. The second-order valence-corrected chi connectivity index (χ2v) is 13.6. The summed E-state index contributed by atoms with van der Waals surface area (Å²) in [7, 11) is 0. The SMILES string of the molecule is CCc1cc(O)c(F)cc1-c1cc(F)c2c(-c3nc4c([nH]3)CN(C(=O)[C@@]35NCC[C@@H]3[I-]5)CC4)n[nH]c2c1. The van der Waals surface area contributed by atoms with Crippen molar-refractivity contribution in [1.29, 1.82) is 0 Å². The summed E-state index contributed by atoms with van der Waals surface area (Å²) in [5.41, 5.74) is 4.28. The summed E-state index contributed by atoms with van der Waals surface area (Å²) in [6.07, 6.45) is 2.29. The molecule has 0 saturated carbocycles. The number of nitrogens with one attached hydrogen (secondary N) is 3. The first-order valence-corrected chi connectivity index (χ1v) is 14.7. The van der Waals surface area contributed by atoms with E-state index in [9.17, 15) is 14.3 Å². The van der Waals surface area contributed by atoms with Gasteiger partial charge in [0.1, 0.15) is 0 Å². The summed E-state index contributed by atoms with van der Waals surface area (Å²) >= 11 is -0.118. The van der Waals surface area contributed by atoms with Crippen LogP contribution in [0.15, 0.2) is 24.3 Å². The molecule has 2 aromatic carbocycles. The van der Waals surface area contributed by atoms with Crippen LogP contribution in [0.1, 0.15) is 30.3 Å². The fourth-order valence-corrected chi connectivity index (χ4v) is 9.15. The van der Waals surface area contributed by atoms with Crippen molar-refractivity contribution in [2.45, 2.75) is 40.2 Å². The molecule has 7 rings (SSSR count). The van der Waals surface area contributed by atoms with Gasteiger partial charge >= 0.3 is 164 Å². The molecule has 0 bridgehead atoms. The molecule has 37 heavy (non-hydrogen) atoms. The number of alkyl halides is 2. The minimum atomic E-state index is -0.755. The Hall–Kier alpha value is -3.06. The predicted molar refractivity (Wildman–Crippen MR) is 128 cm³/mol. The molecule has 0 aliphatic carbocycles. The number of H-pyrrole nitrogens is 2. The number of benzene rings is 2. The van der Waals surface area contributed by atoms with E-state index in [1.54, 1.807) is 6.07 Å². The van der Waals surface area contributed by atoms with Gasteiger partial charge < -0.3 is 5.11 Å². The van der Waals surface area contributed by atoms with E-state index in [0.29, 0.717) is 69.0 Å². The molecule has 3 aliphatic rings. The zero-order chi connectivity index (χ0) is 25.5.